The van der Waals surface area contributed by atoms with Gasteiger partial charge in [0.2, 0.25) is 5.82 Å². The van der Waals surface area contributed by atoms with Crippen LogP contribution in [0, 0.1) is 16.0 Å². The van der Waals surface area contributed by atoms with Gasteiger partial charge in [-0.3, -0.25) is 10.1 Å². The molecule has 0 spiro atoms. The molecular weight excluding hydrogens is 270 g/mol. The van der Waals surface area contributed by atoms with Gasteiger partial charge < -0.3 is 10.1 Å². The summed E-state index contributed by atoms with van der Waals surface area (Å²) < 4.78 is 5.41. The molecule has 0 fully saturated rings. The molecule has 0 aliphatic carbocycles. The van der Waals surface area contributed by atoms with Crippen molar-refractivity contribution in [3.8, 4) is 0 Å². The molecule has 0 unspecified atom stereocenters. The van der Waals surface area contributed by atoms with E-state index in [-0.39, 0.29) is 16.7 Å². The standard InChI is InChI=1S/C12H18ClN3O3/c1-9(2)8-19-7-3-6-14-12-10(16(17)18)4-5-11(13)15-12/h4-5,9H,3,6-8H2,1-2H3,(H,14,15). The van der Waals surface area contributed by atoms with Gasteiger partial charge in [-0.15, -0.1) is 0 Å². The average Bonchev–Trinajstić information content (AvgIpc) is 2.33. The summed E-state index contributed by atoms with van der Waals surface area (Å²) in [6.45, 7) is 6.04. The summed E-state index contributed by atoms with van der Waals surface area (Å²) in [6, 6.07) is 2.74. The lowest BCUT2D eigenvalue weighted by atomic mass is 10.2. The SMILES string of the molecule is CC(C)COCCCNc1nc(Cl)ccc1[N+](=O)[O-]. The van der Waals surface area contributed by atoms with Crippen molar-refractivity contribution in [3.05, 3.63) is 27.4 Å². The van der Waals surface area contributed by atoms with Gasteiger partial charge in [0.15, 0.2) is 0 Å². The maximum absolute atomic E-state index is 10.8. The lowest BCUT2D eigenvalue weighted by Crippen LogP contribution is -2.10. The fourth-order valence-corrected chi connectivity index (χ4v) is 1.55. The van der Waals surface area contributed by atoms with Crippen LogP contribution in [0.3, 0.4) is 0 Å². The Labute approximate surface area is 117 Å². The molecule has 19 heavy (non-hydrogen) atoms. The van der Waals surface area contributed by atoms with Crippen LogP contribution in [0.25, 0.3) is 0 Å². The van der Waals surface area contributed by atoms with Gasteiger partial charge in [-0.2, -0.15) is 0 Å². The first-order chi connectivity index (χ1) is 9.00. The monoisotopic (exact) mass is 287 g/mol. The van der Waals surface area contributed by atoms with Gasteiger partial charge in [0.1, 0.15) is 5.15 Å². The van der Waals surface area contributed by atoms with Crippen molar-refractivity contribution in [2.75, 3.05) is 25.1 Å². The zero-order valence-electron chi connectivity index (χ0n) is 11.1. The first-order valence-corrected chi connectivity index (χ1v) is 6.51. The highest BCUT2D eigenvalue weighted by Gasteiger charge is 2.14. The topological polar surface area (TPSA) is 77.3 Å². The van der Waals surface area contributed by atoms with Crippen LogP contribution in [0.4, 0.5) is 11.5 Å². The summed E-state index contributed by atoms with van der Waals surface area (Å²) in [5.41, 5.74) is -0.0764. The zero-order chi connectivity index (χ0) is 14.3. The molecular formula is C12H18ClN3O3. The highest BCUT2D eigenvalue weighted by atomic mass is 35.5. The number of aromatic nitrogens is 1. The Bertz CT molecular complexity index is 427. The van der Waals surface area contributed by atoms with E-state index in [4.69, 9.17) is 16.3 Å². The third kappa shape index (κ3) is 5.85. The van der Waals surface area contributed by atoms with Gasteiger partial charge >= 0.3 is 5.69 Å². The number of pyridine rings is 1. The van der Waals surface area contributed by atoms with Crippen LogP contribution in [-0.4, -0.2) is 29.7 Å². The molecule has 1 aromatic rings. The van der Waals surface area contributed by atoms with E-state index in [1.165, 1.54) is 12.1 Å². The molecule has 0 amide bonds. The number of nitrogens with one attached hydrogen (secondary N) is 1. The molecule has 0 saturated heterocycles. The molecule has 1 rings (SSSR count). The summed E-state index contributed by atoms with van der Waals surface area (Å²) in [4.78, 5) is 14.2. The minimum Gasteiger partial charge on any atom is -0.381 e. The second kappa shape index (κ2) is 7.91. The second-order valence-corrected chi connectivity index (χ2v) is 4.90. The number of hydrogen-bond acceptors (Lipinski definition) is 5. The third-order valence-electron chi connectivity index (χ3n) is 2.25. The highest BCUT2D eigenvalue weighted by Crippen LogP contribution is 2.23. The average molecular weight is 288 g/mol. The minimum atomic E-state index is -0.485. The van der Waals surface area contributed by atoms with Gasteiger partial charge in [-0.1, -0.05) is 25.4 Å². The molecule has 0 aromatic carbocycles. The smallest absolute Gasteiger partial charge is 0.311 e. The van der Waals surface area contributed by atoms with Crippen LogP contribution in [0.2, 0.25) is 5.15 Å². The van der Waals surface area contributed by atoms with Gasteiger partial charge in [-0.25, -0.2) is 4.98 Å². The molecule has 7 heteroatoms. The van der Waals surface area contributed by atoms with Gasteiger partial charge in [0, 0.05) is 25.8 Å². The Morgan fingerprint density at radius 1 is 1.53 bits per heavy atom. The van der Waals surface area contributed by atoms with Crippen LogP contribution < -0.4 is 5.32 Å². The van der Waals surface area contributed by atoms with E-state index >= 15 is 0 Å². The lowest BCUT2D eigenvalue weighted by molar-refractivity contribution is -0.384. The molecule has 1 aromatic heterocycles. The number of hydrogen-bond donors (Lipinski definition) is 1. The van der Waals surface area contributed by atoms with Crippen molar-refractivity contribution in [1.29, 1.82) is 0 Å². The van der Waals surface area contributed by atoms with Crippen molar-refractivity contribution in [2.24, 2.45) is 5.92 Å². The summed E-state index contributed by atoms with van der Waals surface area (Å²) in [7, 11) is 0. The summed E-state index contributed by atoms with van der Waals surface area (Å²) in [5.74, 6) is 0.699. The predicted octanol–water partition coefficient (Wildman–Crippen LogP) is 3.12. The molecule has 0 saturated carbocycles. The highest BCUT2D eigenvalue weighted by molar-refractivity contribution is 6.29. The first kappa shape index (κ1) is 15.7. The van der Waals surface area contributed by atoms with Crippen LogP contribution in [0.15, 0.2) is 12.1 Å². The maximum atomic E-state index is 10.8. The Kier molecular flexibility index (Phi) is 6.52. The summed E-state index contributed by atoms with van der Waals surface area (Å²) >= 11 is 5.72. The number of nitro groups is 1. The van der Waals surface area contributed by atoms with E-state index in [1.807, 2.05) is 0 Å². The van der Waals surface area contributed by atoms with E-state index in [0.717, 1.165) is 13.0 Å². The normalized spacial score (nSPS) is 10.7. The van der Waals surface area contributed by atoms with Gasteiger partial charge in [-0.05, 0) is 18.4 Å². The van der Waals surface area contributed by atoms with Gasteiger partial charge in [0.05, 0.1) is 4.92 Å². The maximum Gasteiger partial charge on any atom is 0.311 e. The third-order valence-corrected chi connectivity index (χ3v) is 2.46. The molecule has 0 radical (unpaired) electrons. The van der Waals surface area contributed by atoms with E-state index in [9.17, 15) is 10.1 Å². The molecule has 0 atom stereocenters. The second-order valence-electron chi connectivity index (χ2n) is 4.51. The molecule has 1 N–H and O–H groups in total. The Balaban J connectivity index is 2.40. The number of rotatable bonds is 8. The van der Waals surface area contributed by atoms with Crippen molar-refractivity contribution in [1.82, 2.24) is 4.98 Å². The van der Waals surface area contributed by atoms with Gasteiger partial charge in [0.25, 0.3) is 0 Å². The first-order valence-electron chi connectivity index (χ1n) is 6.13. The molecule has 106 valence electrons. The van der Waals surface area contributed by atoms with Crippen molar-refractivity contribution >= 4 is 23.1 Å². The fraction of sp³-hybridized carbons (Fsp3) is 0.583. The number of anilines is 1. The number of nitrogens with zero attached hydrogens (tertiary/aromatic N) is 2. The molecule has 0 aliphatic heterocycles. The largest absolute Gasteiger partial charge is 0.381 e. The zero-order valence-corrected chi connectivity index (χ0v) is 11.8. The van der Waals surface area contributed by atoms with Crippen LogP contribution in [-0.2, 0) is 4.74 Å². The summed E-state index contributed by atoms with van der Waals surface area (Å²) in [6.07, 6.45) is 0.748. The quantitative estimate of drug-likeness (QED) is 0.344. The molecule has 0 bridgehead atoms. The van der Waals surface area contributed by atoms with Crippen LogP contribution in [0.1, 0.15) is 20.3 Å². The predicted molar refractivity (Wildman–Crippen MR) is 74.7 cm³/mol. The lowest BCUT2D eigenvalue weighted by Gasteiger charge is -2.08. The number of ether oxygens (including phenoxy) is 1. The fourth-order valence-electron chi connectivity index (χ4n) is 1.41. The van der Waals surface area contributed by atoms with E-state index in [1.54, 1.807) is 0 Å². The molecule has 0 aliphatic rings. The minimum absolute atomic E-state index is 0.0764. The van der Waals surface area contributed by atoms with E-state index < -0.39 is 4.92 Å². The molecule has 6 nitrogen and oxygen atoms in total. The Morgan fingerprint density at radius 3 is 2.89 bits per heavy atom. The van der Waals surface area contributed by atoms with E-state index in [2.05, 4.69) is 24.1 Å². The Morgan fingerprint density at radius 2 is 2.26 bits per heavy atom. The van der Waals surface area contributed by atoms with Crippen molar-refractivity contribution < 1.29 is 9.66 Å². The number of halogens is 1. The van der Waals surface area contributed by atoms with Crippen LogP contribution >= 0.6 is 11.6 Å². The van der Waals surface area contributed by atoms with Crippen molar-refractivity contribution in [2.45, 2.75) is 20.3 Å². The summed E-state index contributed by atoms with van der Waals surface area (Å²) in [5, 5.41) is 13.9. The van der Waals surface area contributed by atoms with Crippen molar-refractivity contribution in [3.63, 3.8) is 0 Å². The van der Waals surface area contributed by atoms with Crippen LogP contribution in [0.5, 0.6) is 0 Å². The molecule has 1 heterocycles. The Hall–Kier alpha value is -1.40. The van der Waals surface area contributed by atoms with E-state index in [0.29, 0.717) is 19.1 Å².